The predicted molar refractivity (Wildman–Crippen MR) is 105 cm³/mol. The number of carbonyl (C=O) groups is 3. The molecular formula is C21H41NO3. The van der Waals surface area contributed by atoms with E-state index in [2.05, 4.69) is 0 Å². The molecule has 0 spiro atoms. The van der Waals surface area contributed by atoms with Crippen molar-refractivity contribution in [1.82, 2.24) is 4.90 Å². The molecule has 0 radical (unpaired) electrons. The quantitative estimate of drug-likeness (QED) is 0.419. The second kappa shape index (κ2) is 15.1. The van der Waals surface area contributed by atoms with Crippen molar-refractivity contribution < 1.29 is 14.4 Å². The first-order valence-corrected chi connectivity index (χ1v) is 10.2. The number of likely N-dealkylation sites (tertiary alicyclic amines) is 1. The molecule has 0 saturated carbocycles. The molecule has 0 aromatic heterocycles. The molecule has 0 aromatic rings. The lowest BCUT2D eigenvalue weighted by Crippen LogP contribution is -2.32. The summed E-state index contributed by atoms with van der Waals surface area (Å²) in [5.74, 6) is 0.522. The van der Waals surface area contributed by atoms with E-state index in [4.69, 9.17) is 0 Å². The van der Waals surface area contributed by atoms with Crippen LogP contribution in [0.15, 0.2) is 0 Å². The summed E-state index contributed by atoms with van der Waals surface area (Å²) in [6, 6.07) is 0. The summed E-state index contributed by atoms with van der Waals surface area (Å²) < 4.78 is 0. The van der Waals surface area contributed by atoms with Crippen LogP contribution in [-0.2, 0) is 14.4 Å². The van der Waals surface area contributed by atoms with Crippen molar-refractivity contribution in [2.75, 3.05) is 6.54 Å². The van der Waals surface area contributed by atoms with Crippen LogP contribution < -0.4 is 0 Å². The third kappa shape index (κ3) is 9.18. The van der Waals surface area contributed by atoms with Gasteiger partial charge in [-0.1, -0.05) is 61.8 Å². The van der Waals surface area contributed by atoms with E-state index < -0.39 is 0 Å². The maximum atomic E-state index is 12.1. The topological polar surface area (TPSA) is 54.5 Å². The molecule has 2 amide bonds. The average Bonchev–Trinajstić information content (AvgIpc) is 2.92. The Kier molecular flexibility index (Phi) is 15.7. The van der Waals surface area contributed by atoms with Crippen molar-refractivity contribution in [3.05, 3.63) is 0 Å². The van der Waals surface area contributed by atoms with Gasteiger partial charge in [-0.05, 0) is 25.2 Å². The van der Waals surface area contributed by atoms with Crippen molar-refractivity contribution in [2.24, 2.45) is 17.8 Å². The lowest BCUT2D eigenvalue weighted by atomic mass is 9.94. The zero-order valence-electron chi connectivity index (χ0n) is 17.9. The second-order valence-electron chi connectivity index (χ2n) is 6.52. The summed E-state index contributed by atoms with van der Waals surface area (Å²) in [5.41, 5.74) is 0. The van der Waals surface area contributed by atoms with Gasteiger partial charge in [0, 0.05) is 31.2 Å². The Morgan fingerprint density at radius 1 is 1.04 bits per heavy atom. The SMILES string of the molecule is CC.CC.CCC(C)C(=O)CCCCCN1C(=O)CC(C(C)C)C1=O. The first-order valence-electron chi connectivity index (χ1n) is 10.2. The summed E-state index contributed by atoms with van der Waals surface area (Å²) in [7, 11) is 0. The van der Waals surface area contributed by atoms with Crippen LogP contribution in [0.2, 0.25) is 0 Å². The van der Waals surface area contributed by atoms with Crippen LogP contribution in [0.25, 0.3) is 0 Å². The number of hydrogen-bond donors (Lipinski definition) is 0. The Labute approximate surface area is 155 Å². The van der Waals surface area contributed by atoms with Crippen molar-refractivity contribution in [1.29, 1.82) is 0 Å². The van der Waals surface area contributed by atoms with Gasteiger partial charge in [-0.15, -0.1) is 0 Å². The Bertz CT molecular complexity index is 391. The molecule has 25 heavy (non-hydrogen) atoms. The number of nitrogens with zero attached hydrogens (tertiary/aromatic N) is 1. The largest absolute Gasteiger partial charge is 0.299 e. The van der Waals surface area contributed by atoms with Gasteiger partial charge in [-0.3, -0.25) is 19.3 Å². The van der Waals surface area contributed by atoms with Crippen LogP contribution in [0, 0.1) is 17.8 Å². The summed E-state index contributed by atoms with van der Waals surface area (Å²) >= 11 is 0. The smallest absolute Gasteiger partial charge is 0.233 e. The Hall–Kier alpha value is -1.19. The highest BCUT2D eigenvalue weighted by Gasteiger charge is 2.39. The Morgan fingerprint density at radius 3 is 2.04 bits per heavy atom. The zero-order chi connectivity index (χ0) is 20.0. The van der Waals surface area contributed by atoms with Crippen LogP contribution >= 0.6 is 0 Å². The predicted octanol–water partition coefficient (Wildman–Crippen LogP) is 5.25. The third-order valence-electron chi connectivity index (χ3n) is 4.55. The molecule has 2 atom stereocenters. The Morgan fingerprint density at radius 2 is 1.60 bits per heavy atom. The summed E-state index contributed by atoms with van der Waals surface area (Å²) in [5, 5.41) is 0. The fourth-order valence-corrected chi connectivity index (χ4v) is 2.68. The molecular weight excluding hydrogens is 314 g/mol. The highest BCUT2D eigenvalue weighted by Crippen LogP contribution is 2.26. The summed E-state index contributed by atoms with van der Waals surface area (Å²) in [6.07, 6.45) is 4.43. The number of Topliss-reactive ketones (excluding diaryl/α,β-unsaturated/α-hetero) is 1. The van der Waals surface area contributed by atoms with Gasteiger partial charge in [0.1, 0.15) is 5.78 Å². The van der Waals surface area contributed by atoms with Crippen LogP contribution in [0.1, 0.15) is 93.9 Å². The van der Waals surface area contributed by atoms with Gasteiger partial charge in [-0.2, -0.15) is 0 Å². The van der Waals surface area contributed by atoms with Gasteiger partial charge < -0.3 is 0 Å². The number of imide groups is 1. The van der Waals surface area contributed by atoms with E-state index in [1.807, 2.05) is 55.4 Å². The lowest BCUT2D eigenvalue weighted by molar-refractivity contribution is -0.139. The van der Waals surface area contributed by atoms with E-state index in [1.165, 1.54) is 4.90 Å². The lowest BCUT2D eigenvalue weighted by Gasteiger charge is -2.16. The standard InChI is InChI=1S/C17H29NO3.2C2H6/c1-5-13(4)15(19)9-7-6-8-10-18-16(20)11-14(12(2)3)17(18)21;2*1-2/h12-14H,5-11H2,1-4H3;2*1-2H3. The van der Waals surface area contributed by atoms with E-state index in [9.17, 15) is 14.4 Å². The van der Waals surface area contributed by atoms with Crippen molar-refractivity contribution in [2.45, 2.75) is 93.9 Å². The monoisotopic (exact) mass is 355 g/mol. The number of unbranched alkanes of at least 4 members (excludes halogenated alkanes) is 2. The number of hydrogen-bond acceptors (Lipinski definition) is 3. The molecule has 4 nitrogen and oxygen atoms in total. The van der Waals surface area contributed by atoms with E-state index >= 15 is 0 Å². The highest BCUT2D eigenvalue weighted by atomic mass is 16.2. The molecule has 0 aromatic carbocycles. The molecule has 1 rings (SSSR count). The summed E-state index contributed by atoms with van der Waals surface area (Å²) in [6.45, 7) is 16.5. The first-order chi connectivity index (χ1) is 11.9. The molecule has 1 saturated heterocycles. The zero-order valence-corrected chi connectivity index (χ0v) is 17.9. The number of carbonyl (C=O) groups excluding carboxylic acids is 3. The minimum Gasteiger partial charge on any atom is -0.299 e. The molecule has 1 fully saturated rings. The molecule has 0 N–H and O–H groups in total. The van der Waals surface area contributed by atoms with Gasteiger partial charge in [-0.25, -0.2) is 0 Å². The number of ketones is 1. The first kappa shape index (κ1) is 26.0. The molecule has 1 aliphatic rings. The van der Waals surface area contributed by atoms with Gasteiger partial charge >= 0.3 is 0 Å². The number of amides is 2. The van der Waals surface area contributed by atoms with Gasteiger partial charge in [0.25, 0.3) is 0 Å². The fraction of sp³-hybridized carbons (Fsp3) is 0.857. The average molecular weight is 356 g/mol. The van der Waals surface area contributed by atoms with Crippen molar-refractivity contribution >= 4 is 17.6 Å². The van der Waals surface area contributed by atoms with E-state index in [-0.39, 0.29) is 29.6 Å². The van der Waals surface area contributed by atoms with Crippen LogP contribution in [0.3, 0.4) is 0 Å². The van der Waals surface area contributed by atoms with Crippen LogP contribution in [0.5, 0.6) is 0 Å². The molecule has 4 heteroatoms. The summed E-state index contributed by atoms with van der Waals surface area (Å²) in [4.78, 5) is 37.1. The minimum absolute atomic E-state index is 0.00863. The third-order valence-corrected chi connectivity index (χ3v) is 4.55. The van der Waals surface area contributed by atoms with Crippen LogP contribution in [0.4, 0.5) is 0 Å². The molecule has 0 aliphatic carbocycles. The van der Waals surface area contributed by atoms with Crippen LogP contribution in [-0.4, -0.2) is 29.0 Å². The van der Waals surface area contributed by atoms with E-state index in [1.54, 1.807) is 0 Å². The molecule has 0 bridgehead atoms. The fourth-order valence-electron chi connectivity index (χ4n) is 2.68. The van der Waals surface area contributed by atoms with Crippen molar-refractivity contribution in [3.8, 4) is 0 Å². The molecule has 1 heterocycles. The minimum atomic E-state index is -0.135. The van der Waals surface area contributed by atoms with E-state index in [0.717, 1.165) is 25.7 Å². The maximum absolute atomic E-state index is 12.1. The maximum Gasteiger partial charge on any atom is 0.233 e. The second-order valence-corrected chi connectivity index (χ2v) is 6.52. The Balaban J connectivity index is 0. The normalized spacial score (nSPS) is 17.6. The number of rotatable bonds is 9. The van der Waals surface area contributed by atoms with E-state index in [0.29, 0.717) is 25.2 Å². The van der Waals surface area contributed by atoms with Gasteiger partial charge in [0.15, 0.2) is 0 Å². The highest BCUT2D eigenvalue weighted by molar-refractivity contribution is 6.03. The van der Waals surface area contributed by atoms with Crippen molar-refractivity contribution in [3.63, 3.8) is 0 Å². The van der Waals surface area contributed by atoms with Gasteiger partial charge in [0.05, 0.1) is 0 Å². The molecule has 1 aliphatic heterocycles. The molecule has 2 unspecified atom stereocenters. The molecule has 148 valence electrons. The van der Waals surface area contributed by atoms with Gasteiger partial charge in [0.2, 0.25) is 11.8 Å².